The molecule has 2 saturated heterocycles. The summed E-state index contributed by atoms with van der Waals surface area (Å²) in [6.07, 6.45) is 2.38. The molecule has 2 unspecified atom stereocenters. The van der Waals surface area contributed by atoms with Crippen LogP contribution in [0.15, 0.2) is 24.3 Å². The number of rotatable bonds is 2. The second-order valence-electron chi connectivity index (χ2n) is 5.59. The van der Waals surface area contributed by atoms with Crippen molar-refractivity contribution < 1.29 is 4.79 Å². The molecule has 2 atom stereocenters. The normalized spacial score (nSPS) is 25.8. The Morgan fingerprint density at radius 2 is 1.79 bits per heavy atom. The Kier molecular flexibility index (Phi) is 3.19. The molecule has 0 spiro atoms. The average molecular weight is 259 g/mol. The number of likely N-dealkylation sites (tertiary alicyclic amines) is 1. The van der Waals surface area contributed by atoms with Crippen molar-refractivity contribution in [3.05, 3.63) is 29.8 Å². The molecule has 1 aromatic rings. The number of amides is 1. The SMILES string of the molecule is CC(=O)N1CC2CCC(C1)N2c1ccc(CN)cc1. The molecule has 0 radical (unpaired) electrons. The molecule has 2 N–H and O–H groups in total. The molecule has 3 rings (SSSR count). The van der Waals surface area contributed by atoms with Gasteiger partial charge in [-0.3, -0.25) is 4.79 Å². The summed E-state index contributed by atoms with van der Waals surface area (Å²) >= 11 is 0. The van der Waals surface area contributed by atoms with Gasteiger partial charge < -0.3 is 15.5 Å². The smallest absolute Gasteiger partial charge is 0.219 e. The Balaban J connectivity index is 1.81. The van der Waals surface area contributed by atoms with E-state index >= 15 is 0 Å². The maximum atomic E-state index is 11.5. The standard InChI is InChI=1S/C15H21N3O/c1-11(19)17-9-14-6-7-15(10-17)18(14)13-4-2-12(8-16)3-5-13/h2-5,14-15H,6-10,16H2,1H3. The number of nitrogens with two attached hydrogens (primary N) is 1. The second kappa shape index (κ2) is 4.85. The minimum absolute atomic E-state index is 0.204. The molecule has 0 saturated carbocycles. The molecular formula is C15H21N3O. The predicted octanol–water partition coefficient (Wildman–Crippen LogP) is 1.34. The molecule has 2 aliphatic heterocycles. The quantitative estimate of drug-likeness (QED) is 0.872. The maximum Gasteiger partial charge on any atom is 0.219 e. The zero-order valence-corrected chi connectivity index (χ0v) is 11.4. The van der Waals surface area contributed by atoms with Crippen molar-refractivity contribution in [2.24, 2.45) is 5.73 Å². The van der Waals surface area contributed by atoms with E-state index in [1.54, 1.807) is 6.92 Å². The average Bonchev–Trinajstić information content (AvgIpc) is 2.68. The topological polar surface area (TPSA) is 49.6 Å². The van der Waals surface area contributed by atoms with E-state index in [4.69, 9.17) is 5.73 Å². The van der Waals surface area contributed by atoms with E-state index in [-0.39, 0.29) is 5.91 Å². The van der Waals surface area contributed by atoms with Crippen LogP contribution in [-0.2, 0) is 11.3 Å². The van der Waals surface area contributed by atoms with Crippen molar-refractivity contribution in [2.75, 3.05) is 18.0 Å². The van der Waals surface area contributed by atoms with Crippen molar-refractivity contribution >= 4 is 11.6 Å². The third kappa shape index (κ3) is 2.21. The minimum atomic E-state index is 0.204. The number of benzene rings is 1. The molecule has 0 aromatic heterocycles. The van der Waals surface area contributed by atoms with E-state index < -0.39 is 0 Å². The first-order valence-electron chi connectivity index (χ1n) is 7.02. The van der Waals surface area contributed by atoms with Crippen LogP contribution in [0.4, 0.5) is 5.69 Å². The molecule has 2 heterocycles. The first kappa shape index (κ1) is 12.5. The molecule has 2 bridgehead atoms. The van der Waals surface area contributed by atoms with Gasteiger partial charge in [0.15, 0.2) is 0 Å². The summed E-state index contributed by atoms with van der Waals surface area (Å²) in [7, 11) is 0. The number of nitrogens with zero attached hydrogens (tertiary/aromatic N) is 2. The van der Waals surface area contributed by atoms with E-state index in [9.17, 15) is 4.79 Å². The van der Waals surface area contributed by atoms with Gasteiger partial charge in [-0.05, 0) is 30.5 Å². The van der Waals surface area contributed by atoms with E-state index in [1.807, 2.05) is 4.90 Å². The van der Waals surface area contributed by atoms with Crippen LogP contribution in [0.2, 0.25) is 0 Å². The molecule has 1 aromatic carbocycles. The van der Waals surface area contributed by atoms with Crippen LogP contribution in [0.3, 0.4) is 0 Å². The largest absolute Gasteiger partial charge is 0.362 e. The van der Waals surface area contributed by atoms with Crippen LogP contribution in [0.25, 0.3) is 0 Å². The molecule has 2 fully saturated rings. The van der Waals surface area contributed by atoms with Crippen molar-refractivity contribution in [3.63, 3.8) is 0 Å². The fourth-order valence-corrected chi connectivity index (χ4v) is 3.39. The summed E-state index contributed by atoms with van der Waals surface area (Å²) in [4.78, 5) is 16.0. The molecule has 4 nitrogen and oxygen atoms in total. The summed E-state index contributed by atoms with van der Waals surface area (Å²) in [6.45, 7) is 3.99. The van der Waals surface area contributed by atoms with Gasteiger partial charge >= 0.3 is 0 Å². The highest BCUT2D eigenvalue weighted by Gasteiger charge is 2.40. The highest BCUT2D eigenvalue weighted by Crippen LogP contribution is 2.34. The van der Waals surface area contributed by atoms with Crippen LogP contribution in [0.1, 0.15) is 25.3 Å². The van der Waals surface area contributed by atoms with Crippen LogP contribution in [0.5, 0.6) is 0 Å². The fraction of sp³-hybridized carbons (Fsp3) is 0.533. The van der Waals surface area contributed by atoms with E-state index in [1.165, 1.54) is 24.1 Å². The Labute approximate surface area is 114 Å². The lowest BCUT2D eigenvalue weighted by molar-refractivity contribution is -0.129. The molecule has 0 aliphatic carbocycles. The number of hydrogen-bond donors (Lipinski definition) is 1. The Bertz CT molecular complexity index is 457. The van der Waals surface area contributed by atoms with Crippen molar-refractivity contribution in [2.45, 2.75) is 38.4 Å². The van der Waals surface area contributed by atoms with Gasteiger partial charge in [0, 0.05) is 44.3 Å². The van der Waals surface area contributed by atoms with Crippen LogP contribution in [-0.4, -0.2) is 36.0 Å². The number of carbonyl (C=O) groups excluding carboxylic acids is 1. The van der Waals surface area contributed by atoms with Gasteiger partial charge in [0.25, 0.3) is 0 Å². The highest BCUT2D eigenvalue weighted by molar-refractivity contribution is 5.74. The van der Waals surface area contributed by atoms with Crippen molar-refractivity contribution in [3.8, 4) is 0 Å². The Hall–Kier alpha value is -1.55. The lowest BCUT2D eigenvalue weighted by Gasteiger charge is -2.42. The van der Waals surface area contributed by atoms with Crippen LogP contribution in [0, 0.1) is 0 Å². The molecule has 19 heavy (non-hydrogen) atoms. The Morgan fingerprint density at radius 3 is 2.26 bits per heavy atom. The first-order valence-corrected chi connectivity index (χ1v) is 7.02. The lowest BCUT2D eigenvalue weighted by Crippen LogP contribution is -2.55. The van der Waals surface area contributed by atoms with E-state index in [0.717, 1.165) is 13.1 Å². The third-order valence-electron chi connectivity index (χ3n) is 4.40. The Morgan fingerprint density at radius 1 is 1.21 bits per heavy atom. The van der Waals surface area contributed by atoms with E-state index in [0.29, 0.717) is 18.6 Å². The second-order valence-corrected chi connectivity index (χ2v) is 5.59. The zero-order valence-electron chi connectivity index (χ0n) is 11.4. The lowest BCUT2D eigenvalue weighted by atomic mass is 10.1. The number of fused-ring (bicyclic) bond motifs is 2. The molecular weight excluding hydrogens is 238 g/mol. The van der Waals surface area contributed by atoms with Gasteiger partial charge in [0.2, 0.25) is 5.91 Å². The summed E-state index contributed by atoms with van der Waals surface area (Å²) in [5.74, 6) is 0.204. The minimum Gasteiger partial charge on any atom is -0.362 e. The monoisotopic (exact) mass is 259 g/mol. The molecule has 1 amide bonds. The summed E-state index contributed by atoms with van der Waals surface area (Å²) in [5.41, 5.74) is 8.08. The van der Waals surface area contributed by atoms with Crippen molar-refractivity contribution in [1.29, 1.82) is 0 Å². The summed E-state index contributed by atoms with van der Waals surface area (Å²) in [6, 6.07) is 9.49. The number of piperazine rings is 1. The van der Waals surface area contributed by atoms with Gasteiger partial charge in [-0.2, -0.15) is 0 Å². The van der Waals surface area contributed by atoms with Crippen LogP contribution >= 0.6 is 0 Å². The zero-order chi connectivity index (χ0) is 13.4. The third-order valence-corrected chi connectivity index (χ3v) is 4.40. The van der Waals surface area contributed by atoms with Gasteiger partial charge in [0.1, 0.15) is 0 Å². The summed E-state index contributed by atoms with van der Waals surface area (Å²) < 4.78 is 0. The predicted molar refractivity (Wildman–Crippen MR) is 75.9 cm³/mol. The first-order chi connectivity index (χ1) is 9.19. The van der Waals surface area contributed by atoms with Gasteiger partial charge in [0.05, 0.1) is 0 Å². The van der Waals surface area contributed by atoms with Gasteiger partial charge in [-0.15, -0.1) is 0 Å². The molecule has 102 valence electrons. The fourth-order valence-electron chi connectivity index (χ4n) is 3.39. The summed E-state index contributed by atoms with van der Waals surface area (Å²) in [5, 5.41) is 0. The van der Waals surface area contributed by atoms with Gasteiger partial charge in [-0.25, -0.2) is 0 Å². The number of anilines is 1. The van der Waals surface area contributed by atoms with Crippen LogP contribution < -0.4 is 10.6 Å². The van der Waals surface area contributed by atoms with Crippen molar-refractivity contribution in [1.82, 2.24) is 4.90 Å². The maximum absolute atomic E-state index is 11.5. The van der Waals surface area contributed by atoms with E-state index in [2.05, 4.69) is 29.2 Å². The van der Waals surface area contributed by atoms with Gasteiger partial charge in [-0.1, -0.05) is 12.1 Å². The highest BCUT2D eigenvalue weighted by atomic mass is 16.2. The number of hydrogen-bond acceptors (Lipinski definition) is 3. The molecule has 2 aliphatic rings. The number of carbonyl (C=O) groups is 1. The molecule has 4 heteroatoms.